The molecular weight excluding hydrogens is 830 g/mol. The summed E-state index contributed by atoms with van der Waals surface area (Å²) >= 11 is 0. The lowest BCUT2D eigenvalue weighted by Crippen LogP contribution is -2.37. The summed E-state index contributed by atoms with van der Waals surface area (Å²) in [6.45, 7) is 5.48. The average Bonchev–Trinajstić information content (AvgIpc) is 3.27. The first-order valence-electron chi connectivity index (χ1n) is 26.3. The number of esters is 1. The van der Waals surface area contributed by atoms with E-state index in [9.17, 15) is 14.3 Å². The molecule has 0 aliphatic heterocycles. The van der Waals surface area contributed by atoms with Gasteiger partial charge in [0.15, 0.2) is 0 Å². The fraction of sp³-hybridized carbons (Fsp3) is 0.732. The lowest BCUT2D eigenvalue weighted by molar-refractivity contribution is -0.870. The van der Waals surface area contributed by atoms with E-state index in [0.29, 0.717) is 24.1 Å². The van der Waals surface area contributed by atoms with Crippen molar-refractivity contribution in [3.63, 3.8) is 0 Å². The first-order chi connectivity index (χ1) is 31.6. The van der Waals surface area contributed by atoms with E-state index in [1.807, 2.05) is 21.1 Å². The maximum Gasteiger partial charge on any atom is 0.472 e. The Morgan fingerprint density at radius 2 is 0.892 bits per heavy atom. The van der Waals surface area contributed by atoms with E-state index < -0.39 is 13.9 Å². The molecule has 2 unspecified atom stereocenters. The predicted octanol–water partition coefficient (Wildman–Crippen LogP) is 16.4. The molecule has 0 aromatic rings. The number of likely N-dealkylation sites (N-methyl/N-ethyl adjacent to an activating group) is 1. The fourth-order valence-electron chi connectivity index (χ4n) is 6.90. The number of hydrogen-bond donors (Lipinski definition) is 1. The number of ether oxygens (including phenoxy) is 2. The Bertz CT molecular complexity index is 1310. The molecule has 0 saturated heterocycles. The molecule has 376 valence electrons. The van der Waals surface area contributed by atoms with Gasteiger partial charge in [-0.1, -0.05) is 195 Å². The van der Waals surface area contributed by atoms with Crippen LogP contribution in [0.4, 0.5) is 0 Å². The monoisotopic (exact) mass is 931 g/mol. The van der Waals surface area contributed by atoms with Gasteiger partial charge in [-0.15, -0.1) is 0 Å². The van der Waals surface area contributed by atoms with Crippen molar-refractivity contribution in [1.82, 2.24) is 0 Å². The van der Waals surface area contributed by atoms with Crippen molar-refractivity contribution in [3.05, 3.63) is 85.1 Å². The van der Waals surface area contributed by atoms with Gasteiger partial charge >= 0.3 is 13.8 Å². The van der Waals surface area contributed by atoms with E-state index in [4.69, 9.17) is 18.5 Å². The number of nitrogens with zero attached hydrogens (tertiary/aromatic N) is 1. The first-order valence-corrected chi connectivity index (χ1v) is 27.8. The number of phosphoric acid groups is 1. The predicted molar refractivity (Wildman–Crippen MR) is 279 cm³/mol. The summed E-state index contributed by atoms with van der Waals surface area (Å²) in [5, 5.41) is 0. The molecule has 65 heavy (non-hydrogen) atoms. The second kappa shape index (κ2) is 48.1. The van der Waals surface area contributed by atoms with Gasteiger partial charge < -0.3 is 18.9 Å². The Hall–Kier alpha value is -2.32. The lowest BCUT2D eigenvalue weighted by Gasteiger charge is -2.24. The number of hydrogen-bond acceptors (Lipinski definition) is 6. The fourth-order valence-corrected chi connectivity index (χ4v) is 7.65. The van der Waals surface area contributed by atoms with E-state index in [-0.39, 0.29) is 25.8 Å². The summed E-state index contributed by atoms with van der Waals surface area (Å²) < 4.78 is 35.2. The standard InChI is InChI=1S/C56H100NO7P/c1-6-8-10-12-14-16-18-20-22-24-26-27-28-29-30-31-32-33-35-37-39-41-43-45-47-49-56(58)64-55(54-63-65(59,60)62-52-50-57(3,4)5)53-61-51-48-46-44-42-40-38-36-34-25-23-21-19-17-15-13-11-9-7-2/h8,10,14,16,20-23,26-27,29-30,32-33,55H,6-7,9,11-13,15,17-19,24-25,28,31,34-54H2,1-5H3/p+1/b10-8-,16-14-,22-20-,23-21-,27-26-,30-29-,33-32-. The number of rotatable bonds is 48. The van der Waals surface area contributed by atoms with Crippen molar-refractivity contribution in [1.29, 1.82) is 0 Å². The van der Waals surface area contributed by atoms with E-state index in [0.717, 1.165) is 83.5 Å². The van der Waals surface area contributed by atoms with Crippen molar-refractivity contribution in [2.75, 3.05) is 54.1 Å². The SMILES string of the molecule is CC/C=C\C/C=C\C/C=C\C/C=C\C/C=C\C/C=C\CCCCCCCCC(=O)OC(COCCCCCCCCCC/C=C\CCCCCCCC)COP(=O)(O)OCC[N+](C)(C)C. The van der Waals surface area contributed by atoms with Gasteiger partial charge in [-0.2, -0.15) is 0 Å². The molecule has 0 aromatic heterocycles. The molecule has 0 bridgehead atoms. The van der Waals surface area contributed by atoms with Crippen molar-refractivity contribution < 1.29 is 37.3 Å². The highest BCUT2D eigenvalue weighted by molar-refractivity contribution is 7.47. The van der Waals surface area contributed by atoms with Crippen LogP contribution < -0.4 is 0 Å². The molecule has 0 saturated carbocycles. The van der Waals surface area contributed by atoms with Gasteiger partial charge in [-0.3, -0.25) is 13.8 Å². The van der Waals surface area contributed by atoms with E-state index >= 15 is 0 Å². The highest BCUT2D eigenvalue weighted by Crippen LogP contribution is 2.43. The summed E-state index contributed by atoms with van der Waals surface area (Å²) in [4.78, 5) is 23.0. The molecule has 0 spiro atoms. The molecule has 0 aliphatic rings. The summed E-state index contributed by atoms with van der Waals surface area (Å²) in [5.41, 5.74) is 0. The van der Waals surface area contributed by atoms with Crippen LogP contribution in [0.3, 0.4) is 0 Å². The molecule has 0 aliphatic carbocycles. The van der Waals surface area contributed by atoms with Gasteiger partial charge in [0, 0.05) is 13.0 Å². The molecule has 9 heteroatoms. The third-order valence-electron chi connectivity index (χ3n) is 10.9. The summed E-state index contributed by atoms with van der Waals surface area (Å²) in [6, 6.07) is 0. The van der Waals surface area contributed by atoms with E-state index in [1.165, 1.54) is 103 Å². The maximum atomic E-state index is 12.8. The van der Waals surface area contributed by atoms with Gasteiger partial charge in [0.25, 0.3) is 0 Å². The van der Waals surface area contributed by atoms with Crippen molar-refractivity contribution in [3.8, 4) is 0 Å². The molecule has 0 rings (SSSR count). The Balaban J connectivity index is 4.20. The van der Waals surface area contributed by atoms with Gasteiger partial charge in [0.2, 0.25) is 0 Å². The minimum Gasteiger partial charge on any atom is -0.457 e. The third kappa shape index (κ3) is 52.5. The lowest BCUT2D eigenvalue weighted by atomic mass is 10.1. The van der Waals surface area contributed by atoms with Crippen LogP contribution in [0.2, 0.25) is 0 Å². The number of carbonyl (C=O) groups is 1. The quantitative estimate of drug-likeness (QED) is 0.0214. The molecular formula is C56H101NO7P+. The van der Waals surface area contributed by atoms with Crippen LogP contribution in [-0.2, 0) is 27.9 Å². The second-order valence-corrected chi connectivity index (χ2v) is 20.0. The Kier molecular flexibility index (Phi) is 46.4. The normalized spacial score (nSPS) is 14.2. The van der Waals surface area contributed by atoms with Crippen LogP contribution in [0.5, 0.6) is 0 Å². The van der Waals surface area contributed by atoms with E-state index in [1.54, 1.807) is 0 Å². The van der Waals surface area contributed by atoms with Crippen molar-refractivity contribution in [2.45, 2.75) is 213 Å². The van der Waals surface area contributed by atoms with Gasteiger partial charge in [-0.05, 0) is 89.9 Å². The summed E-state index contributed by atoms with van der Waals surface area (Å²) in [6.07, 6.45) is 64.8. The minimum atomic E-state index is -4.29. The summed E-state index contributed by atoms with van der Waals surface area (Å²) in [5.74, 6) is -0.331. The smallest absolute Gasteiger partial charge is 0.457 e. The molecule has 2 atom stereocenters. The zero-order chi connectivity index (χ0) is 47.6. The first kappa shape index (κ1) is 62.7. The molecule has 1 N–H and O–H groups in total. The van der Waals surface area contributed by atoms with Gasteiger partial charge in [0.05, 0.1) is 34.4 Å². The van der Waals surface area contributed by atoms with Crippen LogP contribution in [0.25, 0.3) is 0 Å². The van der Waals surface area contributed by atoms with Crippen LogP contribution >= 0.6 is 7.82 Å². The Morgan fingerprint density at radius 3 is 1.35 bits per heavy atom. The van der Waals surface area contributed by atoms with Crippen LogP contribution in [0.15, 0.2) is 85.1 Å². The maximum absolute atomic E-state index is 12.8. The van der Waals surface area contributed by atoms with Crippen LogP contribution in [0.1, 0.15) is 206 Å². The Morgan fingerprint density at radius 1 is 0.492 bits per heavy atom. The largest absolute Gasteiger partial charge is 0.472 e. The zero-order valence-electron chi connectivity index (χ0n) is 42.7. The van der Waals surface area contributed by atoms with Gasteiger partial charge in [-0.25, -0.2) is 4.57 Å². The van der Waals surface area contributed by atoms with Crippen molar-refractivity contribution >= 4 is 13.8 Å². The molecule has 0 amide bonds. The van der Waals surface area contributed by atoms with Crippen LogP contribution in [-0.4, -0.2) is 75.6 Å². The topological polar surface area (TPSA) is 91.3 Å². The van der Waals surface area contributed by atoms with Crippen LogP contribution in [0, 0.1) is 0 Å². The number of allylic oxidation sites excluding steroid dienone is 14. The average molecular weight is 931 g/mol. The second-order valence-electron chi connectivity index (χ2n) is 18.5. The third-order valence-corrected chi connectivity index (χ3v) is 11.9. The van der Waals surface area contributed by atoms with Crippen molar-refractivity contribution in [2.24, 2.45) is 0 Å². The number of unbranched alkanes of at least 4 members (excludes halogenated alkanes) is 20. The molecule has 0 aromatic carbocycles. The molecule has 0 radical (unpaired) electrons. The number of quaternary nitrogens is 1. The highest BCUT2D eigenvalue weighted by atomic mass is 31.2. The number of phosphoric ester groups is 1. The minimum absolute atomic E-state index is 0.0808. The summed E-state index contributed by atoms with van der Waals surface area (Å²) in [7, 11) is 1.65. The van der Waals surface area contributed by atoms with E-state index in [2.05, 4.69) is 98.9 Å². The molecule has 8 nitrogen and oxygen atoms in total. The van der Waals surface area contributed by atoms with Gasteiger partial charge in [0.1, 0.15) is 19.3 Å². The molecule has 0 fully saturated rings. The molecule has 0 heterocycles. The highest BCUT2D eigenvalue weighted by Gasteiger charge is 2.26. The Labute approximate surface area is 401 Å². The number of carbonyl (C=O) groups excluding carboxylic acids is 1. The zero-order valence-corrected chi connectivity index (χ0v) is 43.6.